The Kier molecular flexibility index (Phi) is 5.34. The first-order valence-corrected chi connectivity index (χ1v) is 12.2. The van der Waals surface area contributed by atoms with Crippen LogP contribution in [0.1, 0.15) is 65.1 Å². The van der Waals surface area contributed by atoms with Crippen LogP contribution in [0.5, 0.6) is 0 Å². The Hall–Kier alpha value is -3.48. The van der Waals surface area contributed by atoms with Crippen molar-refractivity contribution >= 4 is 11.7 Å². The van der Waals surface area contributed by atoms with Crippen molar-refractivity contribution in [2.75, 3.05) is 5.32 Å². The van der Waals surface area contributed by atoms with Gasteiger partial charge in [0.1, 0.15) is 6.17 Å². The van der Waals surface area contributed by atoms with E-state index in [1.807, 2.05) is 74.0 Å². The maximum absolute atomic E-state index is 13.2. The summed E-state index contributed by atoms with van der Waals surface area (Å²) in [5, 5.41) is 18.6. The van der Waals surface area contributed by atoms with Crippen LogP contribution in [-0.2, 0) is 4.79 Å². The van der Waals surface area contributed by atoms with Gasteiger partial charge >= 0.3 is 5.97 Å². The van der Waals surface area contributed by atoms with Crippen LogP contribution >= 0.6 is 0 Å². The van der Waals surface area contributed by atoms with E-state index in [1.165, 1.54) is 5.56 Å². The highest BCUT2D eigenvalue weighted by molar-refractivity contribution is 5.77. The maximum atomic E-state index is 13.2. The first-order valence-electron chi connectivity index (χ1n) is 12.2. The predicted octanol–water partition coefficient (Wildman–Crippen LogP) is 5.55. The van der Waals surface area contributed by atoms with Gasteiger partial charge in [-0.2, -0.15) is 10.1 Å². The van der Waals surface area contributed by atoms with Crippen molar-refractivity contribution in [3.05, 3.63) is 64.4 Å². The second kappa shape index (κ2) is 8.04. The lowest BCUT2D eigenvalue weighted by molar-refractivity contribution is -0.154. The van der Waals surface area contributed by atoms with Crippen LogP contribution in [0, 0.1) is 16.7 Å². The quantitative estimate of drug-likeness (QED) is 0.517. The van der Waals surface area contributed by atoms with E-state index in [9.17, 15) is 14.7 Å². The van der Waals surface area contributed by atoms with Crippen LogP contribution in [0.3, 0.4) is 0 Å². The number of aromatic nitrogens is 3. The summed E-state index contributed by atoms with van der Waals surface area (Å²) in [4.78, 5) is 30.0. The van der Waals surface area contributed by atoms with Crippen LogP contribution in [0.2, 0.25) is 0 Å². The molecule has 1 aliphatic carbocycles. The summed E-state index contributed by atoms with van der Waals surface area (Å²) < 4.78 is 1.81. The van der Waals surface area contributed by atoms with Crippen molar-refractivity contribution < 1.29 is 9.90 Å². The maximum Gasteiger partial charge on any atom is 0.309 e. The van der Waals surface area contributed by atoms with Gasteiger partial charge in [0, 0.05) is 22.7 Å². The van der Waals surface area contributed by atoms with E-state index in [0.29, 0.717) is 23.9 Å². The molecule has 0 saturated heterocycles. The topological polar surface area (TPSA) is 97.1 Å². The summed E-state index contributed by atoms with van der Waals surface area (Å²) in [6, 6.07) is 15.6. The minimum atomic E-state index is -0.863. The Bertz CT molecular complexity index is 1360. The van der Waals surface area contributed by atoms with E-state index in [0.717, 1.165) is 23.2 Å². The zero-order chi connectivity index (χ0) is 25.1. The van der Waals surface area contributed by atoms with Crippen molar-refractivity contribution in [1.29, 1.82) is 0 Å². The van der Waals surface area contributed by atoms with E-state index in [4.69, 9.17) is 5.10 Å². The van der Waals surface area contributed by atoms with E-state index < -0.39 is 16.8 Å². The molecule has 3 atom stereocenters. The SMILES string of the molecule is CC(C)c1ccc(-c2nn3c(nc2=O)-c2ccccc2N[C@@H]3[C@H]2CC[C@@](C)(C(=O)O)C2(C)C)cc1. The summed E-state index contributed by atoms with van der Waals surface area (Å²) in [5.41, 5.74) is 2.14. The summed E-state index contributed by atoms with van der Waals surface area (Å²) >= 11 is 0. The highest BCUT2D eigenvalue weighted by Gasteiger charge is 2.59. The summed E-state index contributed by atoms with van der Waals surface area (Å²) in [7, 11) is 0. The van der Waals surface area contributed by atoms with Crippen LogP contribution in [0.25, 0.3) is 22.6 Å². The standard InChI is InChI=1S/C28H32N4O3/c1-16(2)17-10-12-18(13-11-17)22-25(33)30-23-19-8-6-7-9-21(19)29-24(32(23)31-22)20-14-15-28(5,26(34)35)27(20,3)4/h6-13,16,20,24,29H,14-15H2,1-5H3,(H,34,35)/t20-,24+,28+/m1/s1. The van der Waals surface area contributed by atoms with Gasteiger partial charge in [-0.1, -0.05) is 64.1 Å². The molecule has 35 heavy (non-hydrogen) atoms. The molecule has 1 fully saturated rings. The Morgan fingerprint density at radius 3 is 2.43 bits per heavy atom. The number of nitrogens with zero attached hydrogens (tertiary/aromatic N) is 3. The number of fused-ring (bicyclic) bond motifs is 3. The normalized spacial score (nSPS) is 24.5. The van der Waals surface area contributed by atoms with Crippen LogP contribution in [0.4, 0.5) is 5.69 Å². The summed E-state index contributed by atoms with van der Waals surface area (Å²) in [6.45, 7) is 10.2. The van der Waals surface area contributed by atoms with E-state index in [1.54, 1.807) is 0 Å². The third kappa shape index (κ3) is 3.48. The minimum absolute atomic E-state index is 0.0383. The Morgan fingerprint density at radius 1 is 1.11 bits per heavy atom. The average Bonchev–Trinajstić information content (AvgIpc) is 3.08. The molecule has 2 heterocycles. The van der Waals surface area contributed by atoms with Crippen molar-refractivity contribution in [2.24, 2.45) is 16.7 Å². The molecule has 1 saturated carbocycles. The molecule has 182 valence electrons. The third-order valence-electron chi connectivity index (χ3n) is 8.58. The molecule has 1 aromatic heterocycles. The van der Waals surface area contributed by atoms with Gasteiger partial charge in [0.15, 0.2) is 11.5 Å². The number of anilines is 1. The number of nitrogens with one attached hydrogen (secondary N) is 1. The fourth-order valence-electron chi connectivity index (χ4n) is 5.75. The third-order valence-corrected chi connectivity index (χ3v) is 8.58. The minimum Gasteiger partial charge on any atom is -0.481 e. The largest absolute Gasteiger partial charge is 0.481 e. The fraction of sp³-hybridized carbons (Fsp3) is 0.429. The zero-order valence-electron chi connectivity index (χ0n) is 20.9. The molecule has 7 heteroatoms. The molecular weight excluding hydrogens is 440 g/mol. The summed E-state index contributed by atoms with van der Waals surface area (Å²) in [6.07, 6.45) is 0.964. The second-order valence-corrected chi connectivity index (χ2v) is 10.9. The molecule has 0 spiro atoms. The number of benzene rings is 2. The van der Waals surface area contributed by atoms with Crippen LogP contribution < -0.4 is 10.9 Å². The van der Waals surface area contributed by atoms with Crippen molar-refractivity contribution in [1.82, 2.24) is 14.8 Å². The van der Waals surface area contributed by atoms with Gasteiger partial charge in [0.05, 0.1) is 5.41 Å². The Labute approximate surface area is 205 Å². The monoisotopic (exact) mass is 472 g/mol. The molecule has 1 aliphatic heterocycles. The molecular formula is C28H32N4O3. The first-order chi connectivity index (χ1) is 16.5. The number of carboxylic acids is 1. The number of rotatable bonds is 4. The lowest BCUT2D eigenvalue weighted by atomic mass is 9.65. The molecule has 2 aromatic carbocycles. The molecule has 2 aliphatic rings. The van der Waals surface area contributed by atoms with Gasteiger partial charge in [-0.15, -0.1) is 0 Å². The lowest BCUT2D eigenvalue weighted by Crippen LogP contribution is -2.45. The molecule has 0 unspecified atom stereocenters. The summed E-state index contributed by atoms with van der Waals surface area (Å²) in [5.74, 6) is 0.0802. The van der Waals surface area contributed by atoms with Gasteiger partial charge in [-0.3, -0.25) is 9.59 Å². The number of carbonyl (C=O) groups is 1. The predicted molar refractivity (Wildman–Crippen MR) is 136 cm³/mol. The molecule has 0 bridgehead atoms. The number of para-hydroxylation sites is 1. The van der Waals surface area contributed by atoms with Crippen molar-refractivity contribution in [3.8, 4) is 22.6 Å². The van der Waals surface area contributed by atoms with Crippen LogP contribution in [-0.4, -0.2) is 25.8 Å². The lowest BCUT2D eigenvalue weighted by Gasteiger charge is -2.43. The van der Waals surface area contributed by atoms with E-state index >= 15 is 0 Å². The van der Waals surface area contributed by atoms with E-state index in [-0.39, 0.29) is 17.6 Å². The van der Waals surface area contributed by atoms with Gasteiger partial charge in [-0.05, 0) is 48.8 Å². The first kappa shape index (κ1) is 23.3. The number of aliphatic carboxylic acids is 1. The molecule has 0 radical (unpaired) electrons. The fourth-order valence-corrected chi connectivity index (χ4v) is 5.75. The molecule has 3 aromatic rings. The molecule has 0 amide bonds. The van der Waals surface area contributed by atoms with E-state index in [2.05, 4.69) is 24.1 Å². The van der Waals surface area contributed by atoms with Crippen molar-refractivity contribution in [2.45, 2.75) is 59.5 Å². The van der Waals surface area contributed by atoms with Crippen LogP contribution in [0.15, 0.2) is 53.3 Å². The van der Waals surface area contributed by atoms with Gasteiger partial charge in [-0.25, -0.2) is 4.68 Å². The van der Waals surface area contributed by atoms with Gasteiger partial charge < -0.3 is 10.4 Å². The zero-order valence-corrected chi connectivity index (χ0v) is 20.9. The molecule has 5 rings (SSSR count). The second-order valence-electron chi connectivity index (χ2n) is 10.9. The Balaban J connectivity index is 1.67. The highest BCUT2D eigenvalue weighted by atomic mass is 16.4. The molecule has 7 nitrogen and oxygen atoms in total. The molecule has 2 N–H and O–H groups in total. The van der Waals surface area contributed by atoms with Gasteiger partial charge in [0.2, 0.25) is 0 Å². The number of hydrogen-bond acceptors (Lipinski definition) is 5. The van der Waals surface area contributed by atoms with Crippen molar-refractivity contribution in [3.63, 3.8) is 0 Å². The Morgan fingerprint density at radius 2 is 1.80 bits per heavy atom. The average molecular weight is 473 g/mol. The smallest absolute Gasteiger partial charge is 0.309 e. The highest BCUT2D eigenvalue weighted by Crippen LogP contribution is 2.60. The number of hydrogen-bond donors (Lipinski definition) is 2. The van der Waals surface area contributed by atoms with Gasteiger partial charge in [0.25, 0.3) is 5.56 Å². The number of carboxylic acid groups (broad SMARTS) is 1.